The van der Waals surface area contributed by atoms with Crippen LogP contribution in [0.15, 0.2) is 182 Å². The largest absolute Gasteiger partial charge is 0.495 e. The predicted molar refractivity (Wildman–Crippen MR) is 296 cm³/mol. The van der Waals surface area contributed by atoms with E-state index in [4.69, 9.17) is 28.8 Å². The highest BCUT2D eigenvalue weighted by molar-refractivity contribution is 6.63. The van der Waals surface area contributed by atoms with Gasteiger partial charge in [0, 0.05) is 61.0 Å². The van der Waals surface area contributed by atoms with Crippen LogP contribution < -0.4 is 10.2 Å². The van der Waals surface area contributed by atoms with Crippen LogP contribution in [-0.2, 0) is 14.0 Å². The van der Waals surface area contributed by atoms with Gasteiger partial charge >= 0.3 is 7.12 Å². The van der Waals surface area contributed by atoms with Crippen LogP contribution in [0.1, 0.15) is 61.5 Å². The van der Waals surface area contributed by atoms with Crippen LogP contribution in [0.4, 0.5) is 0 Å². The Labute approximate surface area is 437 Å². The van der Waals surface area contributed by atoms with E-state index >= 15 is 0 Å². The molecule has 14 rings (SSSR count). The number of aliphatic hydroxyl groups excluding tert-OH is 1. The van der Waals surface area contributed by atoms with Crippen molar-refractivity contribution in [3.05, 3.63) is 227 Å². The number of aromatic amines is 2. The molecule has 12 heteroatoms. The van der Waals surface area contributed by atoms with Gasteiger partial charge in [-0.3, -0.25) is 9.59 Å². The summed E-state index contributed by atoms with van der Waals surface area (Å²) >= 11 is 0. The highest BCUT2D eigenvalue weighted by atomic mass is 16.7. The van der Waals surface area contributed by atoms with Gasteiger partial charge in [0.1, 0.15) is 18.0 Å². The normalized spacial score (nSPS) is 19.3. The molecule has 3 aromatic heterocycles. The molecule has 0 spiro atoms. The van der Waals surface area contributed by atoms with E-state index in [1.165, 1.54) is 0 Å². The van der Waals surface area contributed by atoms with Crippen LogP contribution in [0.2, 0.25) is 0 Å². The molecule has 11 nitrogen and oxygen atoms in total. The van der Waals surface area contributed by atoms with Crippen LogP contribution in [-0.4, -0.2) is 74.4 Å². The molecular formula is C64H45BN4O7. The van der Waals surface area contributed by atoms with Gasteiger partial charge in [0.15, 0.2) is 11.6 Å². The number of ketones is 2. The average molecular weight is 993 g/mol. The summed E-state index contributed by atoms with van der Waals surface area (Å²) in [6.07, 6.45) is 3.47. The number of hydrogen-bond donors (Lipinski definition) is 3. The number of carbonyl (C=O) groups excluding carboxylic acids is 2. The zero-order chi connectivity index (χ0) is 51.0. The van der Waals surface area contributed by atoms with E-state index in [2.05, 4.69) is 107 Å². The van der Waals surface area contributed by atoms with Gasteiger partial charge < -0.3 is 33.9 Å². The van der Waals surface area contributed by atoms with Gasteiger partial charge in [-0.2, -0.15) is 0 Å². The Morgan fingerprint density at radius 2 is 0.895 bits per heavy atom. The molecule has 0 radical (unpaired) electrons. The number of ether oxygens (including phenoxy) is 2. The van der Waals surface area contributed by atoms with Crippen molar-refractivity contribution in [2.45, 2.75) is 37.6 Å². The number of H-pyrrole nitrogens is 2. The van der Waals surface area contributed by atoms with Gasteiger partial charge in [-0.15, -0.1) is 0 Å². The van der Waals surface area contributed by atoms with E-state index < -0.39 is 37.8 Å². The Hall–Kier alpha value is -9.04. The molecule has 76 heavy (non-hydrogen) atoms. The monoisotopic (exact) mass is 992 g/mol. The second-order valence-corrected chi connectivity index (χ2v) is 19.4. The van der Waals surface area contributed by atoms with E-state index in [1.54, 1.807) is 42.5 Å². The van der Waals surface area contributed by atoms with E-state index in [-0.39, 0.29) is 28.4 Å². The quantitative estimate of drug-likeness (QED) is 0.133. The molecule has 7 heterocycles. The lowest BCUT2D eigenvalue weighted by Crippen LogP contribution is -2.57. The number of hydrogen-bond acceptors (Lipinski definition) is 9. The van der Waals surface area contributed by atoms with Gasteiger partial charge in [-0.05, 0) is 89.3 Å². The number of nitrogens with zero attached hydrogens (tertiary/aromatic N) is 2. The van der Waals surface area contributed by atoms with E-state index in [9.17, 15) is 14.7 Å². The molecular weight excluding hydrogens is 948 g/mol. The number of nitrogens with one attached hydrogen (secondary N) is 2. The summed E-state index contributed by atoms with van der Waals surface area (Å²) in [5.41, 5.74) is 15.7. The second kappa shape index (κ2) is 18.4. The molecule has 6 aromatic carbocycles. The Bertz CT molecular complexity index is 4040. The molecule has 0 saturated carbocycles. The lowest BCUT2D eigenvalue weighted by atomic mass is 9.74. The lowest BCUT2D eigenvalue weighted by molar-refractivity contribution is -0.244. The summed E-state index contributed by atoms with van der Waals surface area (Å²) in [7, 11) is -0.959. The van der Waals surface area contributed by atoms with Crippen molar-refractivity contribution in [3.63, 3.8) is 0 Å². The summed E-state index contributed by atoms with van der Waals surface area (Å²) in [6.45, 7) is 1.84. The number of carbonyl (C=O) groups is 2. The Morgan fingerprint density at radius 1 is 0.461 bits per heavy atom. The molecule has 1 aliphatic carbocycles. The first kappa shape index (κ1) is 45.6. The van der Waals surface area contributed by atoms with Crippen LogP contribution >= 0.6 is 0 Å². The third-order valence-corrected chi connectivity index (χ3v) is 14.9. The smallest absolute Gasteiger partial charge is 0.461 e. The van der Waals surface area contributed by atoms with Gasteiger partial charge in [-0.25, -0.2) is 9.97 Å². The van der Waals surface area contributed by atoms with E-state index in [0.717, 1.165) is 83.7 Å². The van der Waals surface area contributed by atoms with Gasteiger partial charge in [-0.1, -0.05) is 152 Å². The molecule has 0 amide bonds. The fourth-order valence-electron chi connectivity index (χ4n) is 11.4. The van der Waals surface area contributed by atoms with Crippen molar-refractivity contribution in [2.75, 3.05) is 0 Å². The van der Waals surface area contributed by atoms with Crippen LogP contribution in [0, 0.1) is 0 Å². The molecule has 0 unspecified atom stereocenters. The van der Waals surface area contributed by atoms with Crippen molar-refractivity contribution in [3.8, 4) is 50.3 Å². The molecule has 9 aromatic rings. The minimum absolute atomic E-state index is 0.126. The lowest BCUT2D eigenvalue weighted by Gasteiger charge is -2.39. The highest BCUT2D eigenvalue weighted by Crippen LogP contribution is 2.41. The average Bonchev–Trinajstić information content (AvgIpc) is 4.35. The summed E-state index contributed by atoms with van der Waals surface area (Å²) in [6, 6.07) is 58.9. The minimum Gasteiger partial charge on any atom is -0.461 e. The fraction of sp³-hybridized carbons (Fsp3) is 0.0938. The van der Waals surface area contributed by atoms with Crippen LogP contribution in [0.3, 0.4) is 0 Å². The third kappa shape index (κ3) is 7.60. The molecule has 366 valence electrons. The molecule has 2 saturated heterocycles. The Morgan fingerprint density at radius 3 is 1.43 bits per heavy atom. The maximum absolute atomic E-state index is 13.9. The van der Waals surface area contributed by atoms with Gasteiger partial charge in [0.25, 0.3) is 0 Å². The number of fused-ring (bicyclic) bond motifs is 11. The standard InChI is InChI=1S/C64H45BN4O7/c1-36-62-63(61(72)64(73-36)74-53-27-15-25-43-58(53)60(71)41-23-12-11-22-40(41)59(43)70)76-65(75-62)44-26-14-13-24-42(44)57-51-34-32-49(68-51)55(38-18-7-3-8-19-38)47-30-28-45(66-47)54(37-16-5-2-6-17-37)46-29-31-48(67-46)56(39-20-9-4-10-21-39)50-33-35-52(57)69-50/h2-36,61-64,66,69,72H,1H3/t36-,61-,62+,63-,64+/m0/s1. The molecule has 2 fully saturated rings. The Balaban J connectivity index is 0.918. The van der Waals surface area contributed by atoms with Crippen molar-refractivity contribution >= 4 is 70.5 Å². The molecule has 8 bridgehead atoms. The van der Waals surface area contributed by atoms with Crippen LogP contribution in [0.25, 0.3) is 90.9 Å². The zero-order valence-corrected chi connectivity index (χ0v) is 40.9. The van der Waals surface area contributed by atoms with E-state index in [1.807, 2.05) is 73.7 Å². The number of aromatic nitrogens is 4. The fourth-order valence-corrected chi connectivity index (χ4v) is 11.4. The maximum atomic E-state index is 13.9. The number of aliphatic hydroxyl groups is 1. The van der Waals surface area contributed by atoms with E-state index in [0.29, 0.717) is 22.3 Å². The van der Waals surface area contributed by atoms with Crippen molar-refractivity contribution in [2.24, 2.45) is 0 Å². The summed E-state index contributed by atoms with van der Waals surface area (Å²) in [5, 5.41) is 12.1. The highest BCUT2D eigenvalue weighted by Gasteiger charge is 2.54. The van der Waals surface area contributed by atoms with Crippen molar-refractivity contribution in [1.82, 2.24) is 19.9 Å². The maximum Gasteiger partial charge on any atom is 0.495 e. The number of rotatable bonds is 7. The summed E-state index contributed by atoms with van der Waals surface area (Å²) in [4.78, 5) is 46.1. The first-order valence-corrected chi connectivity index (χ1v) is 25.4. The summed E-state index contributed by atoms with van der Waals surface area (Å²) < 4.78 is 26.3. The summed E-state index contributed by atoms with van der Waals surface area (Å²) in [5.74, 6) is -0.488. The zero-order valence-electron chi connectivity index (χ0n) is 40.9. The number of benzene rings is 6. The predicted octanol–water partition coefficient (Wildman–Crippen LogP) is 11.8. The third-order valence-electron chi connectivity index (χ3n) is 14.9. The van der Waals surface area contributed by atoms with Crippen molar-refractivity contribution in [1.29, 1.82) is 0 Å². The molecule has 4 aliphatic heterocycles. The Kier molecular flexibility index (Phi) is 11.0. The molecule has 5 atom stereocenters. The first-order chi connectivity index (χ1) is 37.3. The molecule has 3 N–H and O–H groups in total. The second-order valence-electron chi connectivity index (χ2n) is 19.4. The van der Waals surface area contributed by atoms with Crippen LogP contribution in [0.5, 0.6) is 5.75 Å². The topological polar surface area (TPSA) is 149 Å². The first-order valence-electron chi connectivity index (χ1n) is 25.4. The van der Waals surface area contributed by atoms with Gasteiger partial charge in [0.05, 0.1) is 40.5 Å². The van der Waals surface area contributed by atoms with Gasteiger partial charge in [0.2, 0.25) is 6.29 Å². The minimum atomic E-state index is -1.35. The van der Waals surface area contributed by atoms with Crippen molar-refractivity contribution < 1.29 is 33.5 Å². The molecule has 5 aliphatic rings. The SMILES string of the molecule is C[C@@H]1O[C@H](Oc2cccc3c2C(=O)c2ccccc2C3=O)[C@@H](O)[C@@H]2OB(c3ccccc3-c3c4nc(c(-c5ccccc5)c5ccc([nH]5)c(-c5ccccc5)c5nc(c(-c6ccccc6)c6ccc3[nH]6)C=C5)C=C4)O[C@@H]21.